The highest BCUT2D eigenvalue weighted by Crippen LogP contribution is 2.37. The summed E-state index contributed by atoms with van der Waals surface area (Å²) >= 11 is 0. The Bertz CT molecular complexity index is 1190. The van der Waals surface area contributed by atoms with Crippen molar-refractivity contribution in [1.82, 2.24) is 14.8 Å². The number of nitrogens with one attached hydrogen (secondary N) is 1. The summed E-state index contributed by atoms with van der Waals surface area (Å²) in [5.74, 6) is 1.29. The highest BCUT2D eigenvalue weighted by molar-refractivity contribution is 7.90. The number of benzene rings is 2. The van der Waals surface area contributed by atoms with Crippen molar-refractivity contribution in [3.05, 3.63) is 65.9 Å². The van der Waals surface area contributed by atoms with E-state index in [2.05, 4.69) is 9.71 Å². The molecule has 1 N–H and O–H groups in total. The average Bonchev–Trinajstić information content (AvgIpc) is 3.38. The van der Waals surface area contributed by atoms with Crippen molar-refractivity contribution in [3.8, 4) is 11.5 Å². The van der Waals surface area contributed by atoms with Crippen molar-refractivity contribution in [2.45, 2.75) is 17.8 Å². The molecule has 2 aliphatic heterocycles. The monoisotopic (exact) mass is 427 g/mol. The van der Waals surface area contributed by atoms with Gasteiger partial charge in [-0.2, -0.15) is 5.06 Å². The van der Waals surface area contributed by atoms with Crippen LogP contribution in [0.25, 0.3) is 10.9 Å². The molecule has 5 rings (SSSR count). The van der Waals surface area contributed by atoms with E-state index in [1.807, 2.05) is 36.4 Å². The van der Waals surface area contributed by atoms with Crippen molar-refractivity contribution >= 4 is 20.9 Å². The summed E-state index contributed by atoms with van der Waals surface area (Å²) in [4.78, 5) is 10.0. The summed E-state index contributed by atoms with van der Waals surface area (Å²) in [6, 6.07) is 14.5. The third-order valence-corrected chi connectivity index (χ3v) is 7.24. The first-order valence-corrected chi connectivity index (χ1v) is 11.1. The minimum Gasteiger partial charge on any atom is -0.454 e. The zero-order valence-corrected chi connectivity index (χ0v) is 17.1. The molecule has 8 nitrogen and oxygen atoms in total. The Morgan fingerprint density at radius 2 is 1.97 bits per heavy atom. The maximum atomic E-state index is 13.2. The zero-order chi connectivity index (χ0) is 20.7. The van der Waals surface area contributed by atoms with Gasteiger partial charge in [-0.25, -0.2) is 13.1 Å². The lowest BCUT2D eigenvalue weighted by Gasteiger charge is -2.24. The Balaban J connectivity index is 1.41. The smallest absolute Gasteiger partial charge is 0.231 e. The topological polar surface area (TPSA) is 90.0 Å². The second-order valence-electron chi connectivity index (χ2n) is 7.30. The predicted molar refractivity (Wildman–Crippen MR) is 110 cm³/mol. The molecule has 156 valence electrons. The Morgan fingerprint density at radius 1 is 1.13 bits per heavy atom. The Morgan fingerprint density at radius 3 is 2.87 bits per heavy atom. The van der Waals surface area contributed by atoms with E-state index >= 15 is 0 Å². The van der Waals surface area contributed by atoms with Crippen LogP contribution in [-0.4, -0.2) is 44.2 Å². The maximum Gasteiger partial charge on any atom is 0.231 e. The van der Waals surface area contributed by atoms with E-state index in [9.17, 15) is 8.42 Å². The van der Waals surface area contributed by atoms with E-state index in [-0.39, 0.29) is 19.9 Å². The lowest BCUT2D eigenvalue weighted by molar-refractivity contribution is -0.110. The van der Waals surface area contributed by atoms with Gasteiger partial charge in [0.15, 0.2) is 11.5 Å². The van der Waals surface area contributed by atoms with Crippen LogP contribution in [0.4, 0.5) is 0 Å². The maximum absolute atomic E-state index is 13.2. The number of aromatic nitrogens is 1. The number of pyridine rings is 1. The second kappa shape index (κ2) is 7.51. The van der Waals surface area contributed by atoms with Crippen LogP contribution < -0.4 is 14.2 Å². The predicted octanol–water partition coefficient (Wildman–Crippen LogP) is 2.37. The number of sulfonamides is 1. The first kappa shape index (κ1) is 19.3. The van der Waals surface area contributed by atoms with E-state index in [4.69, 9.17) is 14.3 Å². The summed E-state index contributed by atoms with van der Waals surface area (Å²) < 4.78 is 39.8. The van der Waals surface area contributed by atoms with Gasteiger partial charge in [-0.15, -0.1) is 0 Å². The standard InChI is InChI=1S/C21H21N3O5S/c1-24-21(16-8-9-22-17-5-3-2-4-15(16)17)20(12-29-24)30(25,26)23-11-14-6-7-18-19(10-14)28-13-27-18/h2-10,20-21,23H,11-13H2,1H3. The lowest BCUT2D eigenvalue weighted by Crippen LogP contribution is -2.39. The molecule has 2 unspecified atom stereocenters. The first-order chi connectivity index (χ1) is 14.5. The molecule has 1 aromatic heterocycles. The van der Waals surface area contributed by atoms with Gasteiger partial charge >= 0.3 is 0 Å². The fourth-order valence-corrected chi connectivity index (χ4v) is 5.45. The molecule has 30 heavy (non-hydrogen) atoms. The molecular weight excluding hydrogens is 406 g/mol. The van der Waals surface area contributed by atoms with E-state index in [1.54, 1.807) is 30.4 Å². The summed E-state index contributed by atoms with van der Waals surface area (Å²) in [7, 11) is -1.92. The molecule has 3 aromatic rings. The van der Waals surface area contributed by atoms with Gasteiger partial charge in [0.05, 0.1) is 18.2 Å². The van der Waals surface area contributed by atoms with Crippen LogP contribution in [0.15, 0.2) is 54.7 Å². The fraction of sp³-hybridized carbons (Fsp3) is 0.286. The van der Waals surface area contributed by atoms with Gasteiger partial charge in [0.2, 0.25) is 16.8 Å². The fourth-order valence-electron chi connectivity index (χ4n) is 3.97. The largest absolute Gasteiger partial charge is 0.454 e. The van der Waals surface area contributed by atoms with Crippen molar-refractivity contribution in [2.75, 3.05) is 20.4 Å². The molecule has 0 amide bonds. The molecule has 3 heterocycles. The lowest BCUT2D eigenvalue weighted by atomic mass is 10.00. The molecule has 2 aliphatic rings. The van der Waals surface area contributed by atoms with Crippen molar-refractivity contribution in [2.24, 2.45) is 0 Å². The number of fused-ring (bicyclic) bond motifs is 2. The number of hydrogen-bond donors (Lipinski definition) is 1. The molecule has 9 heteroatoms. The minimum absolute atomic E-state index is 0.0777. The van der Waals surface area contributed by atoms with Crippen LogP contribution in [0, 0.1) is 0 Å². The molecule has 0 saturated carbocycles. The molecule has 2 atom stereocenters. The molecule has 0 spiro atoms. The molecule has 2 aromatic carbocycles. The molecule has 0 radical (unpaired) electrons. The highest BCUT2D eigenvalue weighted by atomic mass is 32.2. The number of hydroxylamine groups is 2. The van der Waals surface area contributed by atoms with Gasteiger partial charge < -0.3 is 9.47 Å². The van der Waals surface area contributed by atoms with Crippen molar-refractivity contribution < 1.29 is 22.7 Å². The molecule has 1 saturated heterocycles. The van der Waals surface area contributed by atoms with Crippen LogP contribution in [0.3, 0.4) is 0 Å². The van der Waals surface area contributed by atoms with E-state index in [0.717, 1.165) is 22.0 Å². The molecule has 1 fully saturated rings. The van der Waals surface area contributed by atoms with Gasteiger partial charge in [0.1, 0.15) is 5.25 Å². The van der Waals surface area contributed by atoms with Crippen LogP contribution in [-0.2, 0) is 21.4 Å². The third kappa shape index (κ3) is 3.39. The van der Waals surface area contributed by atoms with Gasteiger partial charge in [-0.3, -0.25) is 9.82 Å². The summed E-state index contributed by atoms with van der Waals surface area (Å²) in [5, 5.41) is 1.77. The Hall–Kier alpha value is -2.72. The summed E-state index contributed by atoms with van der Waals surface area (Å²) in [5.41, 5.74) is 2.49. The number of para-hydroxylation sites is 1. The minimum atomic E-state index is -3.68. The van der Waals surface area contributed by atoms with Crippen molar-refractivity contribution in [1.29, 1.82) is 0 Å². The van der Waals surface area contributed by atoms with Crippen LogP contribution in [0.5, 0.6) is 11.5 Å². The highest BCUT2D eigenvalue weighted by Gasteiger charge is 2.43. The third-order valence-electron chi connectivity index (χ3n) is 5.50. The average molecular weight is 427 g/mol. The Labute approximate surface area is 174 Å². The van der Waals surface area contributed by atoms with Crippen LogP contribution in [0.1, 0.15) is 17.2 Å². The second-order valence-corrected chi connectivity index (χ2v) is 9.28. The normalized spacial score (nSPS) is 21.4. The van der Waals surface area contributed by atoms with Crippen LogP contribution in [0.2, 0.25) is 0 Å². The van der Waals surface area contributed by atoms with Gasteiger partial charge in [0, 0.05) is 25.2 Å². The number of rotatable bonds is 5. The first-order valence-electron chi connectivity index (χ1n) is 9.59. The summed E-state index contributed by atoms with van der Waals surface area (Å²) in [6.07, 6.45) is 1.70. The van der Waals surface area contributed by atoms with Crippen LogP contribution >= 0.6 is 0 Å². The van der Waals surface area contributed by atoms with Gasteiger partial charge in [0.25, 0.3) is 0 Å². The number of nitrogens with zero attached hydrogens (tertiary/aromatic N) is 2. The number of hydrogen-bond acceptors (Lipinski definition) is 7. The van der Waals surface area contributed by atoms with E-state index < -0.39 is 21.3 Å². The van der Waals surface area contributed by atoms with Gasteiger partial charge in [-0.05, 0) is 35.4 Å². The molecular formula is C21H21N3O5S. The van der Waals surface area contributed by atoms with E-state index in [0.29, 0.717) is 11.5 Å². The molecule has 0 aliphatic carbocycles. The summed E-state index contributed by atoms with van der Waals surface area (Å²) in [6.45, 7) is 0.412. The quantitative estimate of drug-likeness (QED) is 0.669. The zero-order valence-electron chi connectivity index (χ0n) is 16.3. The van der Waals surface area contributed by atoms with Gasteiger partial charge in [-0.1, -0.05) is 24.3 Å². The van der Waals surface area contributed by atoms with Crippen molar-refractivity contribution in [3.63, 3.8) is 0 Å². The number of ether oxygens (including phenoxy) is 2. The Kier molecular flexibility index (Phi) is 4.82. The molecule has 0 bridgehead atoms. The SMILES string of the molecule is CN1OCC(S(=O)(=O)NCc2ccc3c(c2)OCO3)C1c1ccnc2ccccc12. The van der Waals surface area contributed by atoms with E-state index in [1.165, 1.54) is 0 Å².